The Kier molecular flexibility index (Phi) is 6.63. The molecule has 0 aliphatic heterocycles. The van der Waals surface area contributed by atoms with E-state index in [-0.39, 0.29) is 24.8 Å². The van der Waals surface area contributed by atoms with E-state index in [1.54, 1.807) is 29.1 Å². The summed E-state index contributed by atoms with van der Waals surface area (Å²) in [4.78, 5) is 36.1. The number of methoxy groups -OCH3 is 2. The minimum atomic E-state index is -0.604. The molecule has 0 unspecified atom stereocenters. The highest BCUT2D eigenvalue weighted by atomic mass is 16.5. The first kappa shape index (κ1) is 21.9. The molecule has 11 nitrogen and oxygen atoms in total. The molecule has 0 saturated heterocycles. The molecule has 2 aromatic heterocycles. The lowest BCUT2D eigenvalue weighted by molar-refractivity contribution is -0.144. The predicted molar refractivity (Wildman–Crippen MR) is 110 cm³/mol. The zero-order valence-electron chi connectivity index (χ0n) is 17.7. The van der Waals surface area contributed by atoms with E-state index in [4.69, 9.17) is 0 Å². The quantitative estimate of drug-likeness (QED) is 0.540. The first-order valence-corrected chi connectivity index (χ1v) is 9.66. The van der Waals surface area contributed by atoms with Gasteiger partial charge in [-0.05, 0) is 32.0 Å². The Labute approximate surface area is 178 Å². The van der Waals surface area contributed by atoms with Gasteiger partial charge >= 0.3 is 11.9 Å². The van der Waals surface area contributed by atoms with E-state index in [9.17, 15) is 14.4 Å². The first-order chi connectivity index (χ1) is 14.8. The number of benzene rings is 1. The van der Waals surface area contributed by atoms with Crippen molar-refractivity contribution in [1.82, 2.24) is 24.8 Å². The second-order valence-corrected chi connectivity index (χ2v) is 7.21. The molecule has 2 heterocycles. The maximum Gasteiger partial charge on any atom is 0.307 e. The Morgan fingerprint density at radius 1 is 1.10 bits per heavy atom. The second kappa shape index (κ2) is 9.37. The van der Waals surface area contributed by atoms with Crippen LogP contribution in [0.4, 0.5) is 5.69 Å². The maximum atomic E-state index is 12.7. The third-order valence-electron chi connectivity index (χ3n) is 4.72. The number of carbonyl (C=O) groups excluding carboxylic acids is 3. The highest BCUT2D eigenvalue weighted by Gasteiger charge is 2.22. The zero-order chi connectivity index (χ0) is 22.5. The average Bonchev–Trinajstić information content (AvgIpc) is 3.39. The molecule has 3 aromatic rings. The van der Waals surface area contributed by atoms with Gasteiger partial charge in [-0.3, -0.25) is 19.1 Å². The van der Waals surface area contributed by atoms with Crippen molar-refractivity contribution in [2.45, 2.75) is 38.8 Å². The van der Waals surface area contributed by atoms with Crippen LogP contribution in [0.15, 0.2) is 30.6 Å². The molecule has 0 fully saturated rings. The molecule has 1 amide bonds. The summed E-state index contributed by atoms with van der Waals surface area (Å²) >= 11 is 0. The number of nitrogens with one attached hydrogen (secondary N) is 1. The number of fused-ring (bicyclic) bond motifs is 1. The van der Waals surface area contributed by atoms with Gasteiger partial charge in [0.15, 0.2) is 0 Å². The molecule has 0 aliphatic carbocycles. The lowest BCUT2D eigenvalue weighted by Crippen LogP contribution is -2.19. The fourth-order valence-electron chi connectivity index (χ4n) is 3.08. The van der Waals surface area contributed by atoms with Crippen LogP contribution in [0.1, 0.15) is 49.1 Å². The second-order valence-electron chi connectivity index (χ2n) is 7.21. The topological polar surface area (TPSA) is 130 Å². The number of aromatic nitrogens is 5. The van der Waals surface area contributed by atoms with E-state index in [1.807, 2.05) is 13.8 Å². The van der Waals surface area contributed by atoms with Crippen molar-refractivity contribution in [2.24, 2.45) is 0 Å². The summed E-state index contributed by atoms with van der Waals surface area (Å²) in [5.74, 6) is -1.33. The van der Waals surface area contributed by atoms with Gasteiger partial charge in [0.05, 0.1) is 50.5 Å². The van der Waals surface area contributed by atoms with E-state index in [2.05, 4.69) is 30.2 Å². The summed E-state index contributed by atoms with van der Waals surface area (Å²) in [5.41, 5.74) is 2.29. The zero-order valence-corrected chi connectivity index (χ0v) is 17.7. The van der Waals surface area contributed by atoms with Crippen molar-refractivity contribution in [1.29, 1.82) is 0 Å². The van der Waals surface area contributed by atoms with Gasteiger partial charge in [-0.1, -0.05) is 5.21 Å². The van der Waals surface area contributed by atoms with E-state index >= 15 is 0 Å². The minimum Gasteiger partial charge on any atom is -0.469 e. The summed E-state index contributed by atoms with van der Waals surface area (Å²) in [6.45, 7) is 4.00. The molecule has 1 N–H and O–H groups in total. The normalized spacial score (nSPS) is 11.2. The Bertz CT molecular complexity index is 1080. The van der Waals surface area contributed by atoms with E-state index in [0.29, 0.717) is 16.8 Å². The highest BCUT2D eigenvalue weighted by Crippen LogP contribution is 2.21. The molecule has 0 saturated carbocycles. The molecule has 0 atom stereocenters. The van der Waals surface area contributed by atoms with Gasteiger partial charge in [-0.25, -0.2) is 4.68 Å². The van der Waals surface area contributed by atoms with Crippen molar-refractivity contribution in [3.05, 3.63) is 36.2 Å². The van der Waals surface area contributed by atoms with Gasteiger partial charge < -0.3 is 14.8 Å². The van der Waals surface area contributed by atoms with Gasteiger partial charge in [-0.2, -0.15) is 5.10 Å². The van der Waals surface area contributed by atoms with Crippen molar-refractivity contribution in [3.63, 3.8) is 0 Å². The molecule has 0 radical (unpaired) electrons. The summed E-state index contributed by atoms with van der Waals surface area (Å²) < 4.78 is 12.6. The average molecular weight is 428 g/mol. The molecule has 1 aromatic carbocycles. The molecule has 0 aliphatic rings. The van der Waals surface area contributed by atoms with Gasteiger partial charge in [-0.15, -0.1) is 5.10 Å². The van der Waals surface area contributed by atoms with Gasteiger partial charge in [0.2, 0.25) is 0 Å². The molecule has 0 spiro atoms. The van der Waals surface area contributed by atoms with Crippen LogP contribution in [0.5, 0.6) is 0 Å². The number of ether oxygens (including phenoxy) is 2. The summed E-state index contributed by atoms with van der Waals surface area (Å²) in [7, 11) is 2.53. The van der Waals surface area contributed by atoms with Crippen LogP contribution in [0.25, 0.3) is 11.0 Å². The first-order valence-electron chi connectivity index (χ1n) is 9.66. The van der Waals surface area contributed by atoms with Crippen molar-refractivity contribution < 1.29 is 23.9 Å². The molecular weight excluding hydrogens is 404 g/mol. The third-order valence-corrected chi connectivity index (χ3v) is 4.72. The summed E-state index contributed by atoms with van der Waals surface area (Å²) in [6.07, 6.45) is 2.85. The molecular formula is C20H24N6O5. The monoisotopic (exact) mass is 428 g/mol. The van der Waals surface area contributed by atoms with Crippen molar-refractivity contribution in [3.8, 4) is 0 Å². The number of rotatable bonds is 8. The highest BCUT2D eigenvalue weighted by molar-refractivity contribution is 6.05. The van der Waals surface area contributed by atoms with Gasteiger partial charge in [0, 0.05) is 17.8 Å². The van der Waals surface area contributed by atoms with E-state index < -0.39 is 18.0 Å². The molecule has 0 bridgehead atoms. The van der Waals surface area contributed by atoms with Crippen LogP contribution < -0.4 is 5.32 Å². The molecule has 3 rings (SSSR count). The number of carbonyl (C=O) groups is 3. The number of anilines is 1. The standard InChI is InChI=1S/C20H24N6O5/c1-12(2)26-17-6-5-13(7-16(17)23-24-26)20(29)22-14-10-21-25(11-14)15(8-18(27)30-3)9-19(28)31-4/h5-7,10-12,15H,8-9H2,1-4H3,(H,22,29). The number of nitrogens with zero attached hydrogens (tertiary/aromatic N) is 5. The maximum absolute atomic E-state index is 12.7. The number of esters is 2. The van der Waals surface area contributed by atoms with Crippen LogP contribution in [-0.2, 0) is 19.1 Å². The number of hydrogen-bond acceptors (Lipinski definition) is 8. The van der Waals surface area contributed by atoms with Crippen LogP contribution in [0, 0.1) is 0 Å². The third kappa shape index (κ3) is 5.05. The Morgan fingerprint density at radius 2 is 1.77 bits per heavy atom. The predicted octanol–water partition coefficient (Wildman–Crippen LogP) is 2.13. The largest absolute Gasteiger partial charge is 0.469 e. The van der Waals surface area contributed by atoms with E-state index in [1.165, 1.54) is 25.1 Å². The Morgan fingerprint density at radius 3 is 2.39 bits per heavy atom. The summed E-state index contributed by atoms with van der Waals surface area (Å²) in [5, 5.41) is 15.2. The molecule has 31 heavy (non-hydrogen) atoms. The number of amides is 1. The minimum absolute atomic E-state index is 0.0666. The van der Waals surface area contributed by atoms with Gasteiger partial charge in [0.25, 0.3) is 5.91 Å². The molecule has 164 valence electrons. The lowest BCUT2D eigenvalue weighted by Gasteiger charge is -2.15. The summed E-state index contributed by atoms with van der Waals surface area (Å²) in [6, 6.07) is 4.71. The van der Waals surface area contributed by atoms with Crippen LogP contribution >= 0.6 is 0 Å². The lowest BCUT2D eigenvalue weighted by atomic mass is 10.1. The van der Waals surface area contributed by atoms with Crippen LogP contribution in [-0.4, -0.2) is 56.8 Å². The smallest absolute Gasteiger partial charge is 0.307 e. The van der Waals surface area contributed by atoms with Crippen LogP contribution in [0.2, 0.25) is 0 Å². The van der Waals surface area contributed by atoms with Crippen molar-refractivity contribution in [2.75, 3.05) is 19.5 Å². The van der Waals surface area contributed by atoms with Gasteiger partial charge in [0.1, 0.15) is 5.52 Å². The Hall–Kier alpha value is -3.76. The molecule has 11 heteroatoms. The fraction of sp³-hybridized carbons (Fsp3) is 0.400. The number of hydrogen-bond donors (Lipinski definition) is 1. The van der Waals surface area contributed by atoms with Crippen molar-refractivity contribution >= 4 is 34.6 Å². The SMILES string of the molecule is COC(=O)CC(CC(=O)OC)n1cc(NC(=O)c2ccc3c(c2)nnn3C(C)C)cn1. The fourth-order valence-corrected chi connectivity index (χ4v) is 3.08. The van der Waals surface area contributed by atoms with E-state index in [0.717, 1.165) is 5.52 Å². The Balaban J connectivity index is 1.75. The van der Waals surface area contributed by atoms with Crippen LogP contribution in [0.3, 0.4) is 0 Å².